The molecule has 0 atom stereocenters. The van der Waals surface area contributed by atoms with E-state index in [0.29, 0.717) is 0 Å². The Bertz CT molecular complexity index is 33.8. The predicted molar refractivity (Wildman–Crippen MR) is 10.4 cm³/mol. The van der Waals surface area contributed by atoms with Crippen LogP contribution in [0.5, 0.6) is 0 Å². The molecule has 6 heavy (non-hydrogen) atoms. The Morgan fingerprint density at radius 1 is 1.33 bits per heavy atom. The maximum absolute atomic E-state index is 8.25. The molecule has 0 spiro atoms. The maximum atomic E-state index is 8.25. The van der Waals surface area contributed by atoms with Crippen molar-refractivity contribution in [2.75, 3.05) is 0 Å². The van der Waals surface area contributed by atoms with Crippen molar-refractivity contribution in [3.8, 4) is 0 Å². The summed E-state index contributed by atoms with van der Waals surface area (Å²) in [5.74, 6) is 0. The molecule has 0 unspecified atom stereocenters. The first kappa shape index (κ1) is 16.1. The Balaban J connectivity index is -0.0000000450. The van der Waals surface area contributed by atoms with Crippen LogP contribution in [0.4, 0.5) is 0 Å². The number of nitrogens with zero attached hydrogens (tertiary/aromatic N) is 1. The van der Waals surface area contributed by atoms with E-state index in [1.807, 2.05) is 0 Å². The Morgan fingerprint density at radius 3 is 1.33 bits per heavy atom. The molecule has 0 saturated heterocycles. The molecule has 0 amide bonds. The second kappa shape index (κ2) is 9.07. The molecule has 4 nitrogen and oxygen atoms in total. The van der Waals surface area contributed by atoms with E-state index in [4.69, 9.17) is 15.3 Å². The van der Waals surface area contributed by atoms with Crippen molar-refractivity contribution in [2.24, 2.45) is 0 Å². The SMILES string of the molecule is O=[N+]([O-])[O-].[Ag+].[Cu]. The van der Waals surface area contributed by atoms with Gasteiger partial charge in [0.25, 0.3) is 0 Å². The van der Waals surface area contributed by atoms with Gasteiger partial charge in [-0.2, -0.15) is 0 Å². The summed E-state index contributed by atoms with van der Waals surface area (Å²) in [5.41, 5.74) is 0. The summed E-state index contributed by atoms with van der Waals surface area (Å²) < 4.78 is 0. The first-order valence-electron chi connectivity index (χ1n) is 0.548. The van der Waals surface area contributed by atoms with E-state index in [9.17, 15) is 0 Å². The zero-order chi connectivity index (χ0) is 3.58. The molecule has 6 heteroatoms. The van der Waals surface area contributed by atoms with Gasteiger partial charge in [-0.15, -0.1) is 0 Å². The van der Waals surface area contributed by atoms with E-state index in [2.05, 4.69) is 0 Å². The average molecular weight is 233 g/mol. The number of hydrogen-bond acceptors (Lipinski definition) is 3. The van der Waals surface area contributed by atoms with Crippen molar-refractivity contribution in [3.63, 3.8) is 0 Å². The van der Waals surface area contributed by atoms with Crippen LogP contribution in [0.3, 0.4) is 0 Å². The molecule has 0 fully saturated rings. The molecule has 0 bridgehead atoms. The van der Waals surface area contributed by atoms with Crippen LogP contribution in [-0.4, -0.2) is 5.09 Å². The first-order valence-corrected chi connectivity index (χ1v) is 0.548. The van der Waals surface area contributed by atoms with Gasteiger partial charge in [0.15, 0.2) is 0 Å². The van der Waals surface area contributed by atoms with Crippen LogP contribution in [0, 0.1) is 15.3 Å². The van der Waals surface area contributed by atoms with Gasteiger partial charge in [0.2, 0.25) is 0 Å². The van der Waals surface area contributed by atoms with Gasteiger partial charge in [-0.25, -0.2) is 0 Å². The maximum Gasteiger partial charge on any atom is 1.00 e. The largest absolute Gasteiger partial charge is 1.00 e. The molecule has 0 aliphatic rings. The van der Waals surface area contributed by atoms with Crippen LogP contribution in [0.2, 0.25) is 0 Å². The van der Waals surface area contributed by atoms with Gasteiger partial charge < -0.3 is 15.3 Å². The molecular formula is AgCuNO3. The monoisotopic (exact) mass is 232 g/mol. The minimum absolute atomic E-state index is 0. The average Bonchev–Trinajstić information content (AvgIpc) is 0.811. The topological polar surface area (TPSA) is 66.2 Å². The van der Waals surface area contributed by atoms with Gasteiger partial charge in [-0.3, -0.25) is 0 Å². The third-order valence-electron chi connectivity index (χ3n) is 0. The third-order valence-corrected chi connectivity index (χ3v) is 0. The predicted octanol–water partition coefficient (Wildman–Crippen LogP) is -0.244. The molecule has 0 aromatic carbocycles. The number of rotatable bonds is 0. The smallest absolute Gasteiger partial charge is 0.356 e. The molecule has 0 heterocycles. The molecule has 0 aliphatic carbocycles. The second-order valence-electron chi connectivity index (χ2n) is 0.224. The summed E-state index contributed by atoms with van der Waals surface area (Å²) in [4.78, 5) is 8.25. The van der Waals surface area contributed by atoms with E-state index in [-0.39, 0.29) is 39.4 Å². The quantitative estimate of drug-likeness (QED) is 0.329. The minimum atomic E-state index is -1.75. The number of hydrogen-bond donors (Lipinski definition) is 0. The summed E-state index contributed by atoms with van der Waals surface area (Å²) in [6, 6.07) is 0. The molecule has 0 aliphatic heterocycles. The minimum Gasteiger partial charge on any atom is -0.356 e. The standard InChI is InChI=1S/Ag.Cu.NO3/c;;2-1(3)4/q+1;;-1. The van der Waals surface area contributed by atoms with Crippen LogP contribution in [0.15, 0.2) is 0 Å². The van der Waals surface area contributed by atoms with E-state index >= 15 is 0 Å². The van der Waals surface area contributed by atoms with Gasteiger partial charge in [0.1, 0.15) is 0 Å². The summed E-state index contributed by atoms with van der Waals surface area (Å²) in [7, 11) is 0. The van der Waals surface area contributed by atoms with Crippen LogP contribution in [0.1, 0.15) is 0 Å². The Morgan fingerprint density at radius 2 is 1.33 bits per heavy atom. The fourth-order valence-electron chi connectivity index (χ4n) is 0. The Hall–Kier alpha value is 0.460. The summed E-state index contributed by atoms with van der Waals surface area (Å²) in [6.45, 7) is 0. The van der Waals surface area contributed by atoms with Crippen molar-refractivity contribution in [1.29, 1.82) is 0 Å². The van der Waals surface area contributed by atoms with Crippen molar-refractivity contribution in [1.82, 2.24) is 0 Å². The zero-order valence-electron chi connectivity index (χ0n) is 2.27. The van der Waals surface area contributed by atoms with Gasteiger partial charge in [-0.1, -0.05) is 0 Å². The van der Waals surface area contributed by atoms with Crippen molar-refractivity contribution >= 4 is 0 Å². The molecule has 0 aromatic heterocycles. The van der Waals surface area contributed by atoms with Gasteiger partial charge >= 0.3 is 22.4 Å². The van der Waals surface area contributed by atoms with Gasteiger partial charge in [0, 0.05) is 17.1 Å². The van der Waals surface area contributed by atoms with Crippen LogP contribution in [-0.2, 0) is 39.4 Å². The van der Waals surface area contributed by atoms with Crippen LogP contribution < -0.4 is 0 Å². The fraction of sp³-hybridized carbons (Fsp3) is 0. The summed E-state index contributed by atoms with van der Waals surface area (Å²) in [6.07, 6.45) is 0. The van der Waals surface area contributed by atoms with Crippen molar-refractivity contribution in [2.45, 2.75) is 0 Å². The first-order chi connectivity index (χ1) is 1.73. The van der Waals surface area contributed by atoms with Crippen molar-refractivity contribution in [3.05, 3.63) is 15.3 Å². The van der Waals surface area contributed by atoms with Crippen molar-refractivity contribution < 1.29 is 44.5 Å². The molecule has 0 aromatic rings. The molecule has 45 valence electrons. The molecule has 1 radical (unpaired) electrons. The molecule has 0 N–H and O–H groups in total. The molecule has 0 saturated carbocycles. The van der Waals surface area contributed by atoms with E-state index in [1.54, 1.807) is 0 Å². The normalized spacial score (nSPS) is 4.00. The zero-order valence-corrected chi connectivity index (χ0v) is 4.70. The molecule has 0 rings (SSSR count). The summed E-state index contributed by atoms with van der Waals surface area (Å²) in [5, 5.41) is 14.8. The van der Waals surface area contributed by atoms with E-state index < -0.39 is 5.09 Å². The molecular weight excluding hydrogens is 233 g/mol. The van der Waals surface area contributed by atoms with Crippen LogP contribution in [0.25, 0.3) is 0 Å². The van der Waals surface area contributed by atoms with Gasteiger partial charge in [0.05, 0.1) is 5.09 Å². The fourth-order valence-corrected chi connectivity index (χ4v) is 0. The Kier molecular flexibility index (Phi) is 24.3. The second-order valence-corrected chi connectivity index (χ2v) is 0.224. The Labute approximate surface area is 60.0 Å². The van der Waals surface area contributed by atoms with Crippen LogP contribution >= 0.6 is 0 Å². The van der Waals surface area contributed by atoms with E-state index in [1.165, 1.54) is 0 Å². The summed E-state index contributed by atoms with van der Waals surface area (Å²) >= 11 is 0. The third kappa shape index (κ3) is 253. The van der Waals surface area contributed by atoms with Gasteiger partial charge in [-0.05, 0) is 0 Å². The van der Waals surface area contributed by atoms with E-state index in [0.717, 1.165) is 0 Å².